The van der Waals surface area contributed by atoms with Crippen LogP contribution in [0, 0.1) is 0 Å². The van der Waals surface area contributed by atoms with Gasteiger partial charge in [-0.25, -0.2) is 9.97 Å². The SMILES string of the molecule is CCCNc1cc(Nc2ccc(N3CCCCC3)cc2)ncn1. The second kappa shape index (κ2) is 7.81. The third-order valence-electron chi connectivity index (χ3n) is 4.08. The van der Waals surface area contributed by atoms with Gasteiger partial charge in [0.15, 0.2) is 0 Å². The molecule has 0 saturated carbocycles. The number of anilines is 4. The van der Waals surface area contributed by atoms with E-state index in [9.17, 15) is 0 Å². The Hall–Kier alpha value is -2.30. The van der Waals surface area contributed by atoms with Crippen LogP contribution in [0.4, 0.5) is 23.0 Å². The molecule has 0 atom stereocenters. The Morgan fingerprint density at radius 3 is 2.48 bits per heavy atom. The molecular formula is C18H25N5. The summed E-state index contributed by atoms with van der Waals surface area (Å²) in [5.41, 5.74) is 2.36. The highest BCUT2D eigenvalue weighted by Crippen LogP contribution is 2.23. The van der Waals surface area contributed by atoms with Crippen LogP contribution in [-0.2, 0) is 0 Å². The van der Waals surface area contributed by atoms with Gasteiger partial charge in [0.25, 0.3) is 0 Å². The van der Waals surface area contributed by atoms with E-state index < -0.39 is 0 Å². The first-order valence-electron chi connectivity index (χ1n) is 8.53. The van der Waals surface area contributed by atoms with E-state index in [1.165, 1.54) is 38.0 Å². The van der Waals surface area contributed by atoms with Crippen LogP contribution in [0.15, 0.2) is 36.7 Å². The van der Waals surface area contributed by atoms with Crippen molar-refractivity contribution in [1.82, 2.24) is 9.97 Å². The highest BCUT2D eigenvalue weighted by molar-refractivity contribution is 5.62. The zero-order chi connectivity index (χ0) is 15.9. The Morgan fingerprint density at radius 1 is 1.00 bits per heavy atom. The van der Waals surface area contributed by atoms with E-state index in [0.29, 0.717) is 0 Å². The highest BCUT2D eigenvalue weighted by atomic mass is 15.1. The van der Waals surface area contributed by atoms with E-state index in [2.05, 4.69) is 56.7 Å². The van der Waals surface area contributed by atoms with Crippen LogP contribution in [0.5, 0.6) is 0 Å². The van der Waals surface area contributed by atoms with Crippen molar-refractivity contribution in [3.05, 3.63) is 36.7 Å². The highest BCUT2D eigenvalue weighted by Gasteiger charge is 2.10. The summed E-state index contributed by atoms with van der Waals surface area (Å²) in [6.45, 7) is 5.40. The van der Waals surface area contributed by atoms with E-state index in [1.54, 1.807) is 6.33 Å². The van der Waals surface area contributed by atoms with Crippen molar-refractivity contribution in [2.24, 2.45) is 0 Å². The van der Waals surface area contributed by atoms with Gasteiger partial charge in [-0.15, -0.1) is 0 Å². The Balaban J connectivity index is 1.63. The van der Waals surface area contributed by atoms with Gasteiger partial charge in [0.05, 0.1) is 0 Å². The molecule has 1 aliphatic rings. The minimum atomic E-state index is 0.810. The van der Waals surface area contributed by atoms with Gasteiger partial charge < -0.3 is 15.5 Å². The number of piperidine rings is 1. The number of nitrogens with zero attached hydrogens (tertiary/aromatic N) is 3. The fraction of sp³-hybridized carbons (Fsp3) is 0.444. The zero-order valence-corrected chi connectivity index (χ0v) is 13.8. The molecule has 0 bridgehead atoms. The molecule has 0 amide bonds. The topological polar surface area (TPSA) is 53.1 Å². The molecule has 1 aromatic heterocycles. The van der Waals surface area contributed by atoms with Crippen molar-refractivity contribution in [1.29, 1.82) is 0 Å². The van der Waals surface area contributed by atoms with Crippen molar-refractivity contribution in [2.45, 2.75) is 32.6 Å². The lowest BCUT2D eigenvalue weighted by atomic mass is 10.1. The maximum atomic E-state index is 4.28. The molecule has 5 nitrogen and oxygen atoms in total. The van der Waals surface area contributed by atoms with Crippen molar-refractivity contribution < 1.29 is 0 Å². The number of rotatable bonds is 6. The molecule has 2 heterocycles. The molecule has 1 fully saturated rings. The van der Waals surface area contributed by atoms with Crippen molar-refractivity contribution in [2.75, 3.05) is 35.2 Å². The van der Waals surface area contributed by atoms with Gasteiger partial charge in [0.2, 0.25) is 0 Å². The molecule has 1 aliphatic heterocycles. The molecule has 1 saturated heterocycles. The number of hydrogen-bond acceptors (Lipinski definition) is 5. The van der Waals surface area contributed by atoms with E-state index in [1.807, 2.05) is 6.07 Å². The quantitative estimate of drug-likeness (QED) is 0.843. The Kier molecular flexibility index (Phi) is 5.29. The number of aromatic nitrogens is 2. The van der Waals surface area contributed by atoms with Gasteiger partial charge >= 0.3 is 0 Å². The van der Waals surface area contributed by atoms with Crippen LogP contribution < -0.4 is 15.5 Å². The molecule has 0 unspecified atom stereocenters. The third kappa shape index (κ3) is 4.34. The van der Waals surface area contributed by atoms with Crippen LogP contribution in [0.2, 0.25) is 0 Å². The predicted octanol–water partition coefficient (Wildman–Crippen LogP) is 4.03. The van der Waals surface area contributed by atoms with E-state index in [4.69, 9.17) is 0 Å². The molecule has 5 heteroatoms. The molecule has 122 valence electrons. The van der Waals surface area contributed by atoms with E-state index in [-0.39, 0.29) is 0 Å². The van der Waals surface area contributed by atoms with Crippen LogP contribution >= 0.6 is 0 Å². The fourth-order valence-corrected chi connectivity index (χ4v) is 2.83. The minimum Gasteiger partial charge on any atom is -0.372 e. The predicted molar refractivity (Wildman–Crippen MR) is 96.6 cm³/mol. The fourth-order valence-electron chi connectivity index (χ4n) is 2.83. The number of benzene rings is 1. The van der Waals surface area contributed by atoms with Gasteiger partial charge in [-0.1, -0.05) is 6.92 Å². The average molecular weight is 311 g/mol. The van der Waals surface area contributed by atoms with Gasteiger partial charge in [-0.05, 0) is 49.9 Å². The lowest BCUT2D eigenvalue weighted by Crippen LogP contribution is -2.29. The maximum absolute atomic E-state index is 4.28. The first-order chi connectivity index (χ1) is 11.3. The smallest absolute Gasteiger partial charge is 0.135 e. The Bertz CT molecular complexity index is 605. The summed E-state index contributed by atoms with van der Waals surface area (Å²) in [5.74, 6) is 1.67. The lowest BCUT2D eigenvalue weighted by molar-refractivity contribution is 0.578. The van der Waals surface area contributed by atoms with E-state index in [0.717, 1.165) is 30.3 Å². The molecule has 1 aromatic carbocycles. The van der Waals surface area contributed by atoms with Gasteiger partial charge in [-0.3, -0.25) is 0 Å². The minimum absolute atomic E-state index is 0.810. The summed E-state index contributed by atoms with van der Waals surface area (Å²) >= 11 is 0. The lowest BCUT2D eigenvalue weighted by Gasteiger charge is -2.28. The van der Waals surface area contributed by atoms with Crippen molar-refractivity contribution in [3.63, 3.8) is 0 Å². The van der Waals surface area contributed by atoms with Gasteiger partial charge in [0, 0.05) is 37.1 Å². The summed E-state index contributed by atoms with van der Waals surface area (Å²) in [6, 6.07) is 10.5. The average Bonchev–Trinajstić information content (AvgIpc) is 2.62. The first kappa shape index (κ1) is 15.6. The van der Waals surface area contributed by atoms with E-state index >= 15 is 0 Å². The molecule has 23 heavy (non-hydrogen) atoms. The molecular weight excluding hydrogens is 286 g/mol. The summed E-state index contributed by atoms with van der Waals surface area (Å²) in [6.07, 6.45) is 6.62. The molecule has 2 N–H and O–H groups in total. The zero-order valence-electron chi connectivity index (χ0n) is 13.8. The second-order valence-electron chi connectivity index (χ2n) is 5.93. The molecule has 2 aromatic rings. The monoisotopic (exact) mass is 311 g/mol. The maximum Gasteiger partial charge on any atom is 0.135 e. The molecule has 0 aliphatic carbocycles. The molecule has 0 radical (unpaired) electrons. The molecule has 3 rings (SSSR count). The third-order valence-corrected chi connectivity index (χ3v) is 4.08. The summed E-state index contributed by atoms with van der Waals surface area (Å²) in [5, 5.41) is 6.62. The summed E-state index contributed by atoms with van der Waals surface area (Å²) in [7, 11) is 0. The molecule has 0 spiro atoms. The number of nitrogens with one attached hydrogen (secondary N) is 2. The van der Waals surface area contributed by atoms with Crippen LogP contribution in [0.1, 0.15) is 32.6 Å². The Morgan fingerprint density at radius 2 is 1.74 bits per heavy atom. The van der Waals surface area contributed by atoms with Gasteiger partial charge in [-0.2, -0.15) is 0 Å². The normalized spacial score (nSPS) is 14.6. The van der Waals surface area contributed by atoms with Crippen molar-refractivity contribution in [3.8, 4) is 0 Å². The number of hydrogen-bond donors (Lipinski definition) is 2. The summed E-state index contributed by atoms with van der Waals surface area (Å²) in [4.78, 5) is 11.0. The Labute approximate surface area is 138 Å². The van der Waals surface area contributed by atoms with Crippen molar-refractivity contribution >= 4 is 23.0 Å². The standard InChI is InChI=1S/C18H25N5/c1-2-10-19-17-13-18(21-14-20-17)22-15-6-8-16(9-7-15)23-11-4-3-5-12-23/h6-9,13-14H,2-5,10-12H2,1H3,(H2,19,20,21,22). The summed E-state index contributed by atoms with van der Waals surface area (Å²) < 4.78 is 0. The largest absolute Gasteiger partial charge is 0.372 e. The second-order valence-corrected chi connectivity index (χ2v) is 5.93. The van der Waals surface area contributed by atoms with Crippen LogP contribution in [0.3, 0.4) is 0 Å². The first-order valence-corrected chi connectivity index (χ1v) is 8.53. The van der Waals surface area contributed by atoms with Crippen LogP contribution in [0.25, 0.3) is 0 Å². The van der Waals surface area contributed by atoms with Gasteiger partial charge in [0.1, 0.15) is 18.0 Å². The van der Waals surface area contributed by atoms with Crippen LogP contribution in [-0.4, -0.2) is 29.6 Å².